The molecule has 0 aliphatic carbocycles. The van der Waals surface area contributed by atoms with Crippen LogP contribution in [0, 0.1) is 0 Å². The zero-order valence-corrected chi connectivity index (χ0v) is 16.0. The zero-order chi connectivity index (χ0) is 18.5. The number of hydrogen-bond donors (Lipinski definition) is 1. The number of rotatable bonds is 6. The molecular formula is C23H28N4. The van der Waals surface area contributed by atoms with E-state index in [4.69, 9.17) is 0 Å². The van der Waals surface area contributed by atoms with Crippen molar-refractivity contribution in [2.75, 3.05) is 18.0 Å². The highest BCUT2D eigenvalue weighted by molar-refractivity contribution is 5.48. The van der Waals surface area contributed by atoms with Crippen LogP contribution in [-0.4, -0.2) is 22.6 Å². The number of piperidine rings is 1. The summed E-state index contributed by atoms with van der Waals surface area (Å²) in [7, 11) is 0. The Morgan fingerprint density at radius 2 is 1.63 bits per heavy atom. The Kier molecular flexibility index (Phi) is 5.54. The van der Waals surface area contributed by atoms with Gasteiger partial charge in [-0.1, -0.05) is 24.3 Å². The molecular weight excluding hydrogens is 332 g/mol. The predicted molar refractivity (Wildman–Crippen MR) is 111 cm³/mol. The van der Waals surface area contributed by atoms with Crippen LogP contribution in [0.15, 0.2) is 67.3 Å². The Morgan fingerprint density at radius 1 is 0.926 bits per heavy atom. The summed E-state index contributed by atoms with van der Waals surface area (Å²) in [5, 5.41) is 3.64. The fourth-order valence-electron chi connectivity index (χ4n) is 3.71. The van der Waals surface area contributed by atoms with E-state index < -0.39 is 0 Å². The summed E-state index contributed by atoms with van der Waals surface area (Å²) in [5.41, 5.74) is 5.12. The van der Waals surface area contributed by atoms with E-state index in [1.807, 2.05) is 17.1 Å². The van der Waals surface area contributed by atoms with Gasteiger partial charge >= 0.3 is 0 Å². The minimum atomic E-state index is 0.309. The van der Waals surface area contributed by atoms with Crippen LogP contribution >= 0.6 is 0 Å². The molecule has 4 nitrogen and oxygen atoms in total. The lowest BCUT2D eigenvalue weighted by Gasteiger charge is -2.29. The molecule has 0 bridgehead atoms. The van der Waals surface area contributed by atoms with Gasteiger partial charge in [-0.2, -0.15) is 0 Å². The molecule has 0 saturated carbocycles. The van der Waals surface area contributed by atoms with Crippen LogP contribution in [-0.2, 0) is 6.54 Å². The summed E-state index contributed by atoms with van der Waals surface area (Å²) in [5.74, 6) is 0. The first-order valence-corrected chi connectivity index (χ1v) is 9.95. The summed E-state index contributed by atoms with van der Waals surface area (Å²) < 4.78 is 2.02. The van der Waals surface area contributed by atoms with Gasteiger partial charge in [-0.3, -0.25) is 0 Å². The average Bonchev–Trinajstić information content (AvgIpc) is 3.28. The number of nitrogens with one attached hydrogen (secondary N) is 1. The Morgan fingerprint density at radius 3 is 2.30 bits per heavy atom. The van der Waals surface area contributed by atoms with Crippen molar-refractivity contribution in [2.24, 2.45) is 0 Å². The van der Waals surface area contributed by atoms with E-state index >= 15 is 0 Å². The lowest BCUT2D eigenvalue weighted by atomic mass is 10.1. The number of anilines is 1. The van der Waals surface area contributed by atoms with Gasteiger partial charge in [0.1, 0.15) is 0 Å². The molecule has 1 aromatic heterocycles. The van der Waals surface area contributed by atoms with Gasteiger partial charge in [0.25, 0.3) is 0 Å². The maximum Gasteiger partial charge on any atom is 0.0991 e. The minimum Gasteiger partial charge on any atom is -0.372 e. The standard InChI is InChI=1S/C23H28N4/c1-19(21-7-11-23(12-8-21)27-16-13-24-18-27)25-17-20-5-9-22(10-6-20)26-14-3-2-4-15-26/h5-13,16,18-19,25H,2-4,14-15,17H2,1H3/t19-/m0/s1. The van der Waals surface area contributed by atoms with Crippen molar-refractivity contribution in [3.8, 4) is 5.69 Å². The van der Waals surface area contributed by atoms with Crippen molar-refractivity contribution < 1.29 is 0 Å². The maximum absolute atomic E-state index is 4.10. The van der Waals surface area contributed by atoms with Crippen molar-refractivity contribution in [1.29, 1.82) is 0 Å². The molecule has 2 heterocycles. The third-order valence-corrected chi connectivity index (χ3v) is 5.47. The summed E-state index contributed by atoms with van der Waals surface area (Å²) in [6, 6.07) is 18.0. The van der Waals surface area contributed by atoms with E-state index in [2.05, 4.69) is 70.7 Å². The first kappa shape index (κ1) is 17.8. The second-order valence-corrected chi connectivity index (χ2v) is 7.38. The number of aromatic nitrogens is 2. The summed E-state index contributed by atoms with van der Waals surface area (Å²) in [6.07, 6.45) is 9.60. The van der Waals surface area contributed by atoms with E-state index in [0.717, 1.165) is 12.2 Å². The summed E-state index contributed by atoms with van der Waals surface area (Å²) >= 11 is 0. The van der Waals surface area contributed by atoms with Gasteiger partial charge in [-0.25, -0.2) is 4.98 Å². The zero-order valence-electron chi connectivity index (χ0n) is 16.0. The van der Waals surface area contributed by atoms with E-state index in [1.54, 1.807) is 6.20 Å². The van der Waals surface area contributed by atoms with E-state index in [0.29, 0.717) is 6.04 Å². The van der Waals surface area contributed by atoms with E-state index in [-0.39, 0.29) is 0 Å². The van der Waals surface area contributed by atoms with Gasteiger partial charge in [0.2, 0.25) is 0 Å². The van der Waals surface area contributed by atoms with Gasteiger partial charge < -0.3 is 14.8 Å². The fraction of sp³-hybridized carbons (Fsp3) is 0.348. The number of hydrogen-bond acceptors (Lipinski definition) is 3. The summed E-state index contributed by atoms with van der Waals surface area (Å²) in [6.45, 7) is 5.49. The molecule has 1 atom stereocenters. The number of benzene rings is 2. The number of nitrogens with zero attached hydrogens (tertiary/aromatic N) is 3. The fourth-order valence-corrected chi connectivity index (χ4v) is 3.71. The van der Waals surface area contributed by atoms with Crippen LogP contribution in [0.3, 0.4) is 0 Å². The highest BCUT2D eigenvalue weighted by Crippen LogP contribution is 2.21. The lowest BCUT2D eigenvalue weighted by molar-refractivity contribution is 0.572. The third kappa shape index (κ3) is 4.40. The highest BCUT2D eigenvalue weighted by Gasteiger charge is 2.11. The number of imidazole rings is 1. The molecule has 0 radical (unpaired) electrons. The smallest absolute Gasteiger partial charge is 0.0991 e. The van der Waals surface area contributed by atoms with Crippen LogP contribution in [0.5, 0.6) is 0 Å². The first-order valence-electron chi connectivity index (χ1n) is 9.95. The summed E-state index contributed by atoms with van der Waals surface area (Å²) in [4.78, 5) is 6.61. The first-order chi connectivity index (χ1) is 13.3. The van der Waals surface area contributed by atoms with Crippen molar-refractivity contribution >= 4 is 5.69 Å². The quantitative estimate of drug-likeness (QED) is 0.691. The Balaban J connectivity index is 1.32. The Hall–Kier alpha value is -2.59. The van der Waals surface area contributed by atoms with Crippen LogP contribution in [0.1, 0.15) is 43.4 Å². The van der Waals surface area contributed by atoms with Crippen LogP contribution in [0.4, 0.5) is 5.69 Å². The molecule has 1 N–H and O–H groups in total. The predicted octanol–water partition coefficient (Wildman–Crippen LogP) is 4.71. The topological polar surface area (TPSA) is 33.1 Å². The molecule has 140 valence electrons. The molecule has 0 unspecified atom stereocenters. The average molecular weight is 361 g/mol. The molecule has 0 spiro atoms. The van der Waals surface area contributed by atoms with E-state index in [1.165, 1.54) is 49.2 Å². The van der Waals surface area contributed by atoms with Gasteiger partial charge in [0.05, 0.1) is 6.33 Å². The monoisotopic (exact) mass is 360 g/mol. The molecule has 1 saturated heterocycles. The maximum atomic E-state index is 4.10. The molecule has 0 amide bonds. The van der Waals surface area contributed by atoms with Crippen molar-refractivity contribution in [3.05, 3.63) is 78.4 Å². The minimum absolute atomic E-state index is 0.309. The highest BCUT2D eigenvalue weighted by atomic mass is 15.1. The second kappa shape index (κ2) is 8.40. The van der Waals surface area contributed by atoms with Gasteiger partial charge in [0, 0.05) is 49.4 Å². The van der Waals surface area contributed by atoms with Crippen LogP contribution in [0.2, 0.25) is 0 Å². The molecule has 27 heavy (non-hydrogen) atoms. The van der Waals surface area contributed by atoms with Crippen LogP contribution < -0.4 is 10.2 Å². The SMILES string of the molecule is C[C@H](NCc1ccc(N2CCCCC2)cc1)c1ccc(-n2ccnc2)cc1. The Labute approximate surface area is 161 Å². The van der Waals surface area contributed by atoms with Gasteiger partial charge in [-0.15, -0.1) is 0 Å². The van der Waals surface area contributed by atoms with Crippen molar-refractivity contribution in [2.45, 2.75) is 38.8 Å². The van der Waals surface area contributed by atoms with Crippen LogP contribution in [0.25, 0.3) is 5.69 Å². The van der Waals surface area contributed by atoms with Gasteiger partial charge in [0.15, 0.2) is 0 Å². The molecule has 2 aromatic carbocycles. The Bertz CT molecular complexity index is 816. The molecule has 1 aliphatic rings. The van der Waals surface area contributed by atoms with Crippen molar-refractivity contribution in [1.82, 2.24) is 14.9 Å². The molecule has 4 rings (SSSR count). The second-order valence-electron chi connectivity index (χ2n) is 7.38. The largest absolute Gasteiger partial charge is 0.372 e. The third-order valence-electron chi connectivity index (χ3n) is 5.47. The van der Waals surface area contributed by atoms with Gasteiger partial charge in [-0.05, 0) is 61.6 Å². The molecule has 4 heteroatoms. The normalized spacial score (nSPS) is 15.7. The molecule has 3 aromatic rings. The molecule has 1 aliphatic heterocycles. The molecule has 1 fully saturated rings. The lowest BCUT2D eigenvalue weighted by Crippen LogP contribution is -2.29. The van der Waals surface area contributed by atoms with E-state index in [9.17, 15) is 0 Å². The van der Waals surface area contributed by atoms with Crippen molar-refractivity contribution in [3.63, 3.8) is 0 Å².